The molecule has 1 unspecified atom stereocenters. The van der Waals surface area contributed by atoms with Crippen molar-refractivity contribution in [3.05, 3.63) is 94.3 Å². The fourth-order valence-corrected chi connectivity index (χ4v) is 3.79. The first-order valence-corrected chi connectivity index (χ1v) is 9.71. The molecule has 1 saturated heterocycles. The highest BCUT2D eigenvalue weighted by Gasteiger charge is 2.48. The predicted molar refractivity (Wildman–Crippen MR) is 113 cm³/mol. The van der Waals surface area contributed by atoms with Crippen LogP contribution in [0.3, 0.4) is 0 Å². The molecule has 9 heteroatoms. The van der Waals surface area contributed by atoms with Crippen LogP contribution in [0.4, 0.5) is 14.5 Å². The van der Waals surface area contributed by atoms with E-state index < -0.39 is 35.1 Å². The number of aliphatic hydroxyl groups is 1. The number of rotatable bonds is 4. The number of aromatic nitrogens is 1. The number of methoxy groups -OCH3 is 1. The first-order chi connectivity index (χ1) is 15.3. The Morgan fingerprint density at radius 2 is 1.94 bits per heavy atom. The number of amides is 1. The van der Waals surface area contributed by atoms with Crippen LogP contribution in [0.5, 0.6) is 5.75 Å². The van der Waals surface area contributed by atoms with Gasteiger partial charge in [-0.1, -0.05) is 17.7 Å². The summed E-state index contributed by atoms with van der Waals surface area (Å²) in [6, 6.07) is 8.94. The lowest BCUT2D eigenvalue weighted by Crippen LogP contribution is -2.30. The summed E-state index contributed by atoms with van der Waals surface area (Å²) in [7, 11) is 1.37. The molecule has 6 nitrogen and oxygen atoms in total. The summed E-state index contributed by atoms with van der Waals surface area (Å²) in [6.45, 7) is 0. The minimum Gasteiger partial charge on any atom is -0.507 e. The van der Waals surface area contributed by atoms with E-state index in [0.29, 0.717) is 11.6 Å². The van der Waals surface area contributed by atoms with Gasteiger partial charge in [0.2, 0.25) is 0 Å². The lowest BCUT2D eigenvalue weighted by molar-refractivity contribution is -0.132. The molecular formula is C23H15ClF2N2O4. The molecule has 3 aromatic rings. The molecule has 32 heavy (non-hydrogen) atoms. The summed E-state index contributed by atoms with van der Waals surface area (Å²) < 4.78 is 33.4. The molecule has 2 aromatic carbocycles. The van der Waals surface area contributed by atoms with Crippen molar-refractivity contribution in [1.82, 2.24) is 4.98 Å². The van der Waals surface area contributed by atoms with Gasteiger partial charge in [-0.05, 0) is 42.0 Å². The van der Waals surface area contributed by atoms with Gasteiger partial charge in [-0.15, -0.1) is 0 Å². The number of nitrogens with zero attached hydrogens (tertiary/aromatic N) is 2. The second-order valence-electron chi connectivity index (χ2n) is 6.90. The highest BCUT2D eigenvalue weighted by Crippen LogP contribution is 2.44. The van der Waals surface area contributed by atoms with Gasteiger partial charge in [-0.25, -0.2) is 8.78 Å². The monoisotopic (exact) mass is 456 g/mol. The number of anilines is 1. The number of Topliss-reactive ketones (excluding diaryl/α,β-unsaturated/α-hetero) is 1. The van der Waals surface area contributed by atoms with Crippen molar-refractivity contribution >= 4 is 34.7 Å². The number of carbonyl (C=O) groups excluding carboxylic acids is 2. The minimum absolute atomic E-state index is 0.0754. The maximum atomic E-state index is 14.6. The van der Waals surface area contributed by atoms with Crippen molar-refractivity contribution in [2.75, 3.05) is 12.0 Å². The molecule has 1 fully saturated rings. The fourth-order valence-electron chi connectivity index (χ4n) is 3.62. The molecule has 0 bridgehead atoms. The number of halogens is 3. The van der Waals surface area contributed by atoms with Crippen LogP contribution < -0.4 is 9.64 Å². The average molecular weight is 457 g/mol. The van der Waals surface area contributed by atoms with E-state index in [2.05, 4.69) is 4.98 Å². The fraction of sp³-hybridized carbons (Fsp3) is 0.0870. The Hall–Kier alpha value is -3.78. The molecule has 0 radical (unpaired) electrons. The number of benzene rings is 2. The number of pyridine rings is 1. The quantitative estimate of drug-likeness (QED) is 0.351. The van der Waals surface area contributed by atoms with Gasteiger partial charge in [-0.3, -0.25) is 19.5 Å². The van der Waals surface area contributed by atoms with Crippen molar-refractivity contribution in [2.45, 2.75) is 6.04 Å². The molecule has 1 aliphatic heterocycles. The zero-order valence-corrected chi connectivity index (χ0v) is 17.3. The van der Waals surface area contributed by atoms with Crippen molar-refractivity contribution in [1.29, 1.82) is 0 Å². The van der Waals surface area contributed by atoms with Crippen molar-refractivity contribution in [3.63, 3.8) is 0 Å². The Morgan fingerprint density at radius 3 is 2.59 bits per heavy atom. The summed E-state index contributed by atoms with van der Waals surface area (Å²) >= 11 is 6.06. The van der Waals surface area contributed by atoms with Gasteiger partial charge in [0.25, 0.3) is 11.7 Å². The first-order valence-electron chi connectivity index (χ1n) is 9.33. The molecule has 0 saturated carbocycles. The van der Waals surface area contributed by atoms with Crippen LogP contribution >= 0.6 is 11.6 Å². The maximum Gasteiger partial charge on any atom is 0.300 e. The molecule has 2 heterocycles. The van der Waals surface area contributed by atoms with Gasteiger partial charge < -0.3 is 9.84 Å². The molecule has 1 aromatic heterocycles. The number of hydrogen-bond donors (Lipinski definition) is 1. The van der Waals surface area contributed by atoms with Crippen LogP contribution in [-0.2, 0) is 9.59 Å². The number of ketones is 1. The van der Waals surface area contributed by atoms with Crippen molar-refractivity contribution < 1.29 is 28.2 Å². The normalized spacial score (nSPS) is 17.6. The Morgan fingerprint density at radius 1 is 1.16 bits per heavy atom. The van der Waals surface area contributed by atoms with Crippen LogP contribution in [0.15, 0.2) is 66.5 Å². The second-order valence-corrected chi connectivity index (χ2v) is 7.33. The maximum absolute atomic E-state index is 14.6. The standard InChI is InChI=1S/C23H15ClF2N2O4/c1-32-18-7-4-13(24)9-15(18)21(29)19-20(12-3-2-8-27-11-12)28(23(31)22(19)30)17-6-5-14(25)10-16(17)26/h2-11,20,29H,1H3/b21-19+. The average Bonchev–Trinajstić information content (AvgIpc) is 3.04. The minimum atomic E-state index is -1.23. The van der Waals surface area contributed by atoms with Gasteiger partial charge in [0.1, 0.15) is 23.1 Å². The second kappa shape index (κ2) is 8.39. The lowest BCUT2D eigenvalue weighted by Gasteiger charge is -2.25. The van der Waals surface area contributed by atoms with E-state index in [1.165, 1.54) is 37.7 Å². The first kappa shape index (κ1) is 21.5. The third-order valence-electron chi connectivity index (χ3n) is 5.03. The number of hydrogen-bond acceptors (Lipinski definition) is 5. The van der Waals surface area contributed by atoms with Gasteiger partial charge in [0.05, 0.1) is 30.0 Å². The van der Waals surface area contributed by atoms with Crippen LogP contribution in [0, 0.1) is 11.6 Å². The Balaban J connectivity index is 2.00. The van der Waals surface area contributed by atoms with Crippen LogP contribution in [-0.4, -0.2) is 28.9 Å². The van der Waals surface area contributed by atoms with E-state index in [9.17, 15) is 23.5 Å². The molecule has 1 atom stereocenters. The lowest BCUT2D eigenvalue weighted by atomic mass is 9.95. The smallest absolute Gasteiger partial charge is 0.300 e. The van der Waals surface area contributed by atoms with E-state index in [1.807, 2.05) is 0 Å². The summed E-state index contributed by atoms with van der Waals surface area (Å²) in [5.41, 5.74) is -0.226. The summed E-state index contributed by atoms with van der Waals surface area (Å²) in [5, 5.41) is 11.4. The summed E-state index contributed by atoms with van der Waals surface area (Å²) in [6.07, 6.45) is 2.86. The molecule has 0 spiro atoms. The van der Waals surface area contributed by atoms with Crippen LogP contribution in [0.25, 0.3) is 5.76 Å². The molecule has 1 N–H and O–H groups in total. The van der Waals surface area contributed by atoms with Crippen molar-refractivity contribution in [3.8, 4) is 5.75 Å². The van der Waals surface area contributed by atoms with E-state index >= 15 is 0 Å². The summed E-state index contributed by atoms with van der Waals surface area (Å²) in [5.74, 6) is -4.38. The van der Waals surface area contributed by atoms with E-state index in [0.717, 1.165) is 17.0 Å². The largest absolute Gasteiger partial charge is 0.507 e. The van der Waals surface area contributed by atoms with E-state index in [1.54, 1.807) is 12.1 Å². The van der Waals surface area contributed by atoms with Gasteiger partial charge in [0, 0.05) is 23.5 Å². The SMILES string of the molecule is COc1ccc(Cl)cc1/C(O)=C1\C(=O)C(=O)N(c2ccc(F)cc2F)C1c1cccnc1. The van der Waals surface area contributed by atoms with Crippen LogP contribution in [0.1, 0.15) is 17.2 Å². The third kappa shape index (κ3) is 3.58. The number of aliphatic hydroxyl groups excluding tert-OH is 1. The Labute approximate surface area is 186 Å². The number of carbonyl (C=O) groups is 2. The molecule has 4 rings (SSSR count). The highest BCUT2D eigenvalue weighted by atomic mass is 35.5. The predicted octanol–water partition coefficient (Wildman–Crippen LogP) is 4.65. The number of ether oxygens (including phenoxy) is 1. The zero-order chi connectivity index (χ0) is 23.0. The van der Waals surface area contributed by atoms with E-state index in [4.69, 9.17) is 16.3 Å². The van der Waals surface area contributed by atoms with Gasteiger partial charge >= 0.3 is 0 Å². The molecular weight excluding hydrogens is 442 g/mol. The Kier molecular flexibility index (Phi) is 5.63. The third-order valence-corrected chi connectivity index (χ3v) is 5.27. The Bertz CT molecular complexity index is 1260. The van der Waals surface area contributed by atoms with Crippen LogP contribution in [0.2, 0.25) is 5.02 Å². The zero-order valence-electron chi connectivity index (χ0n) is 16.6. The van der Waals surface area contributed by atoms with Gasteiger partial charge in [0.15, 0.2) is 0 Å². The molecule has 162 valence electrons. The van der Waals surface area contributed by atoms with Gasteiger partial charge in [-0.2, -0.15) is 0 Å². The van der Waals surface area contributed by atoms with Crippen molar-refractivity contribution in [2.24, 2.45) is 0 Å². The highest BCUT2D eigenvalue weighted by molar-refractivity contribution is 6.51. The summed E-state index contributed by atoms with van der Waals surface area (Å²) in [4.78, 5) is 30.9. The topological polar surface area (TPSA) is 79.7 Å². The molecule has 0 aliphatic carbocycles. The molecule has 1 amide bonds. The van der Waals surface area contributed by atoms with E-state index in [-0.39, 0.29) is 27.6 Å². The molecule has 1 aliphatic rings.